The molecule has 7 rings (SSSR count). The Kier molecular flexibility index (Phi) is 10.9. The van der Waals surface area contributed by atoms with Crippen LogP contribution >= 0.6 is 23.2 Å². The summed E-state index contributed by atoms with van der Waals surface area (Å²) in [4.78, 5) is 34.6. The number of aliphatic hydroxyl groups is 1. The van der Waals surface area contributed by atoms with E-state index in [9.17, 15) is 14.7 Å². The Morgan fingerprint density at radius 3 is 2.46 bits per heavy atom. The second-order valence-electron chi connectivity index (χ2n) is 13.2. The van der Waals surface area contributed by atoms with Crippen LogP contribution in [0, 0.1) is 6.92 Å². The monoisotopic (exact) mass is 742 g/mol. The lowest BCUT2D eigenvalue weighted by Gasteiger charge is -2.28. The molecule has 5 heterocycles. The van der Waals surface area contributed by atoms with E-state index < -0.39 is 6.10 Å². The number of aliphatic hydroxyl groups excluding tert-OH is 1. The van der Waals surface area contributed by atoms with Gasteiger partial charge in [0.15, 0.2) is 0 Å². The first-order chi connectivity index (χ1) is 25.2. The molecule has 0 radical (unpaired) electrons. The molecule has 3 aromatic heterocycles. The van der Waals surface area contributed by atoms with Gasteiger partial charge in [0, 0.05) is 84.5 Å². The Labute approximate surface area is 311 Å². The zero-order chi connectivity index (χ0) is 36.4. The second-order valence-corrected chi connectivity index (χ2v) is 13.9. The molecule has 2 aliphatic rings. The zero-order valence-electron chi connectivity index (χ0n) is 28.9. The number of benzene rings is 2. The number of hydrogen-bond acceptors (Lipinski definition) is 9. The van der Waals surface area contributed by atoms with Crippen molar-refractivity contribution in [3.05, 3.63) is 104 Å². The van der Waals surface area contributed by atoms with Crippen LogP contribution in [-0.4, -0.2) is 70.4 Å². The molecule has 2 saturated heterocycles. The van der Waals surface area contributed by atoms with E-state index in [1.165, 1.54) is 0 Å². The Balaban J connectivity index is 1.13. The number of aromatic nitrogens is 3. The number of aryl methyl sites for hydroxylation is 1. The third-order valence-corrected chi connectivity index (χ3v) is 10.6. The van der Waals surface area contributed by atoms with Crippen LogP contribution in [0.1, 0.15) is 36.1 Å². The summed E-state index contributed by atoms with van der Waals surface area (Å²) >= 11 is 14.2. The van der Waals surface area contributed by atoms with Gasteiger partial charge in [0.1, 0.15) is 5.65 Å². The molecule has 0 spiro atoms. The van der Waals surface area contributed by atoms with E-state index in [1.54, 1.807) is 17.7 Å². The van der Waals surface area contributed by atoms with Crippen LogP contribution < -0.4 is 26.2 Å². The first kappa shape index (κ1) is 36.0. The average Bonchev–Trinajstić information content (AvgIpc) is 3.57. The third-order valence-electron chi connectivity index (χ3n) is 9.80. The summed E-state index contributed by atoms with van der Waals surface area (Å²) in [5.74, 6) is 0.529. The molecule has 0 bridgehead atoms. The lowest BCUT2D eigenvalue weighted by atomic mass is 9.97. The molecule has 52 heavy (non-hydrogen) atoms. The number of fused-ring (bicyclic) bond motifs is 1. The molecule has 1 amide bonds. The zero-order valence-corrected chi connectivity index (χ0v) is 30.4. The smallest absolute Gasteiger partial charge is 0.262 e. The highest BCUT2D eigenvalue weighted by Crippen LogP contribution is 2.42. The van der Waals surface area contributed by atoms with Gasteiger partial charge in [0.05, 0.1) is 41.1 Å². The molecule has 3 atom stereocenters. The molecular weight excluding hydrogens is 703 g/mol. The Bertz CT molecular complexity index is 2190. The fraction of sp³-hybridized carbons (Fsp3) is 0.333. The predicted octanol–water partition coefficient (Wildman–Crippen LogP) is 5.32. The molecule has 1 unspecified atom stereocenters. The molecule has 2 fully saturated rings. The molecule has 2 aliphatic heterocycles. The SMILES string of the molecule is COc1nc(-c2cccc(-c3cccc(-c4ccn5c(=O)c(CNCC6CCC(=O)N6)c(C)nc5c4)c3Cl)c2Cl)ccc1CN[C@@H]1CCOC[C@H]1O. The first-order valence-electron chi connectivity index (χ1n) is 17.3. The van der Waals surface area contributed by atoms with Gasteiger partial charge in [0.2, 0.25) is 11.8 Å². The van der Waals surface area contributed by atoms with Crippen molar-refractivity contribution >= 4 is 34.8 Å². The molecular formula is C39H40Cl2N6O5. The topological polar surface area (TPSA) is 139 Å². The predicted molar refractivity (Wildman–Crippen MR) is 202 cm³/mol. The van der Waals surface area contributed by atoms with Crippen LogP contribution in [0.15, 0.2) is 71.7 Å². The minimum atomic E-state index is -0.563. The summed E-state index contributed by atoms with van der Waals surface area (Å²) in [5, 5.41) is 20.9. The van der Waals surface area contributed by atoms with Crippen LogP contribution in [0.25, 0.3) is 39.2 Å². The maximum atomic E-state index is 13.5. The van der Waals surface area contributed by atoms with Crippen molar-refractivity contribution in [1.82, 2.24) is 30.3 Å². The van der Waals surface area contributed by atoms with Crippen molar-refractivity contribution in [2.24, 2.45) is 0 Å². The molecule has 270 valence electrons. The number of rotatable bonds is 11. The number of pyridine rings is 2. The quantitative estimate of drug-likeness (QED) is 0.142. The molecule has 0 aliphatic carbocycles. The summed E-state index contributed by atoms with van der Waals surface area (Å²) in [5.41, 5.74) is 6.87. The van der Waals surface area contributed by atoms with Gasteiger partial charge in [-0.3, -0.25) is 14.0 Å². The standard InChI is InChI=1S/C39H40Cl2N6O5/c1-22-30(20-42-19-25-10-12-35(49)45-25)39(50)47-15-13-23(17-34(47)44-22)26-5-3-6-27(36(26)40)28-7-4-8-29(37(28)41)31-11-9-24(38(46-31)51-2)18-43-32-14-16-52-21-33(32)48/h3-9,11,13,15,17,25,32-33,42-43,48H,10,12,14,16,18-21H2,1-2H3,(H,45,49)/t25?,32-,33-/m1/s1. The van der Waals surface area contributed by atoms with Crippen molar-refractivity contribution in [2.75, 3.05) is 26.9 Å². The summed E-state index contributed by atoms with van der Waals surface area (Å²) in [6.45, 7) is 4.18. The normalized spacial score (nSPS) is 18.9. The van der Waals surface area contributed by atoms with Gasteiger partial charge in [-0.1, -0.05) is 65.7 Å². The van der Waals surface area contributed by atoms with Gasteiger partial charge < -0.3 is 30.5 Å². The molecule has 4 N–H and O–H groups in total. The number of amides is 1. The van der Waals surface area contributed by atoms with Crippen LogP contribution in [0.5, 0.6) is 5.88 Å². The van der Waals surface area contributed by atoms with E-state index >= 15 is 0 Å². The van der Waals surface area contributed by atoms with Crippen molar-refractivity contribution in [1.29, 1.82) is 0 Å². The number of carbonyl (C=O) groups is 1. The van der Waals surface area contributed by atoms with Gasteiger partial charge in [-0.2, -0.15) is 0 Å². The van der Waals surface area contributed by atoms with E-state index in [0.717, 1.165) is 46.2 Å². The summed E-state index contributed by atoms with van der Waals surface area (Å²) in [6.07, 6.45) is 3.20. The highest BCUT2D eigenvalue weighted by molar-refractivity contribution is 6.39. The molecule has 5 aromatic rings. The van der Waals surface area contributed by atoms with Gasteiger partial charge >= 0.3 is 0 Å². The maximum absolute atomic E-state index is 13.5. The van der Waals surface area contributed by atoms with E-state index in [2.05, 4.69) is 16.0 Å². The Hall–Kier alpha value is -4.36. The van der Waals surface area contributed by atoms with Crippen LogP contribution in [0.3, 0.4) is 0 Å². The number of nitrogens with one attached hydrogen (secondary N) is 3. The third kappa shape index (κ3) is 7.43. The number of carbonyl (C=O) groups excluding carboxylic acids is 1. The van der Waals surface area contributed by atoms with Gasteiger partial charge in [-0.25, -0.2) is 9.97 Å². The first-order valence-corrected chi connectivity index (χ1v) is 18.1. The number of ether oxygens (including phenoxy) is 2. The van der Waals surface area contributed by atoms with Gasteiger partial charge in [0.25, 0.3) is 5.56 Å². The lowest BCUT2D eigenvalue weighted by Crippen LogP contribution is -2.46. The Morgan fingerprint density at radius 1 is 0.981 bits per heavy atom. The summed E-state index contributed by atoms with van der Waals surface area (Å²) in [6, 6.07) is 19.1. The van der Waals surface area contributed by atoms with Crippen LogP contribution in [0.4, 0.5) is 0 Å². The largest absolute Gasteiger partial charge is 0.481 e. The summed E-state index contributed by atoms with van der Waals surface area (Å²) < 4.78 is 12.5. The number of hydrogen-bond donors (Lipinski definition) is 4. The lowest BCUT2D eigenvalue weighted by molar-refractivity contribution is -0.119. The minimum absolute atomic E-state index is 0.0615. The fourth-order valence-corrected chi connectivity index (χ4v) is 7.55. The fourth-order valence-electron chi connectivity index (χ4n) is 6.89. The number of methoxy groups -OCH3 is 1. The van der Waals surface area contributed by atoms with E-state index in [1.807, 2.05) is 67.6 Å². The van der Waals surface area contributed by atoms with Crippen molar-refractivity contribution in [2.45, 2.75) is 57.5 Å². The highest BCUT2D eigenvalue weighted by Gasteiger charge is 2.24. The van der Waals surface area contributed by atoms with E-state index in [0.29, 0.717) is 77.8 Å². The maximum Gasteiger partial charge on any atom is 0.262 e. The van der Waals surface area contributed by atoms with Crippen molar-refractivity contribution < 1.29 is 19.4 Å². The van der Waals surface area contributed by atoms with E-state index in [-0.39, 0.29) is 23.6 Å². The number of halogens is 2. The second kappa shape index (κ2) is 15.7. The van der Waals surface area contributed by atoms with E-state index in [4.69, 9.17) is 42.6 Å². The summed E-state index contributed by atoms with van der Waals surface area (Å²) in [7, 11) is 1.58. The van der Waals surface area contributed by atoms with Crippen LogP contribution in [-0.2, 0) is 22.6 Å². The molecule has 0 saturated carbocycles. The number of nitrogens with zero attached hydrogens (tertiary/aromatic N) is 3. The molecule has 13 heteroatoms. The van der Waals surface area contributed by atoms with Crippen molar-refractivity contribution in [3.8, 4) is 39.4 Å². The minimum Gasteiger partial charge on any atom is -0.481 e. The highest BCUT2D eigenvalue weighted by atomic mass is 35.5. The Morgan fingerprint density at radius 2 is 1.73 bits per heavy atom. The van der Waals surface area contributed by atoms with Crippen LogP contribution in [0.2, 0.25) is 10.0 Å². The van der Waals surface area contributed by atoms with Gasteiger partial charge in [-0.15, -0.1) is 0 Å². The average molecular weight is 744 g/mol. The van der Waals surface area contributed by atoms with Gasteiger partial charge in [-0.05, 0) is 43.5 Å². The van der Waals surface area contributed by atoms with Crippen molar-refractivity contribution in [3.63, 3.8) is 0 Å². The molecule has 11 nitrogen and oxygen atoms in total. The molecule has 2 aromatic carbocycles.